The Labute approximate surface area is 113 Å². The van der Waals surface area contributed by atoms with Gasteiger partial charge < -0.3 is 10.8 Å². The van der Waals surface area contributed by atoms with Gasteiger partial charge in [-0.2, -0.15) is 0 Å². The fourth-order valence-electron chi connectivity index (χ4n) is 2.86. The van der Waals surface area contributed by atoms with Crippen LogP contribution in [0.3, 0.4) is 0 Å². The van der Waals surface area contributed by atoms with Crippen molar-refractivity contribution < 1.29 is 5.11 Å². The van der Waals surface area contributed by atoms with E-state index in [0.717, 1.165) is 12.0 Å². The van der Waals surface area contributed by atoms with Crippen LogP contribution < -0.4 is 5.73 Å². The lowest BCUT2D eigenvalue weighted by atomic mass is 9.98. The molecule has 2 aromatic carbocycles. The lowest BCUT2D eigenvalue weighted by Gasteiger charge is -2.14. The van der Waals surface area contributed by atoms with Gasteiger partial charge in [-0.05, 0) is 47.6 Å². The Morgan fingerprint density at radius 1 is 1.11 bits per heavy atom. The molecule has 3 N–H and O–H groups in total. The van der Waals surface area contributed by atoms with Crippen LogP contribution >= 0.6 is 0 Å². The number of hydrogen-bond donors (Lipinski definition) is 2. The zero-order chi connectivity index (χ0) is 13.4. The lowest BCUT2D eigenvalue weighted by molar-refractivity contribution is 0.160. The molecule has 0 heterocycles. The second-order valence-corrected chi connectivity index (χ2v) is 5.48. The fourth-order valence-corrected chi connectivity index (χ4v) is 2.86. The first-order valence-corrected chi connectivity index (χ1v) is 6.80. The molecule has 98 valence electrons. The van der Waals surface area contributed by atoms with E-state index < -0.39 is 6.10 Å². The van der Waals surface area contributed by atoms with Crippen molar-refractivity contribution >= 4 is 0 Å². The van der Waals surface area contributed by atoms with E-state index in [1.807, 2.05) is 13.0 Å². The third kappa shape index (κ3) is 2.29. The van der Waals surface area contributed by atoms with E-state index in [0.29, 0.717) is 6.42 Å². The summed E-state index contributed by atoms with van der Waals surface area (Å²) in [5.74, 6) is 0. The molecule has 0 aliphatic heterocycles. The highest BCUT2D eigenvalue weighted by Gasteiger charge is 2.19. The summed E-state index contributed by atoms with van der Waals surface area (Å²) in [7, 11) is 0. The molecule has 0 bridgehead atoms. The predicted molar refractivity (Wildman–Crippen MR) is 77.9 cm³/mol. The molecular formula is C17H19NO. The number of aliphatic hydroxyl groups is 1. The van der Waals surface area contributed by atoms with Crippen LogP contribution in [0, 0.1) is 0 Å². The number of aliphatic hydroxyl groups excluding tert-OH is 1. The van der Waals surface area contributed by atoms with Gasteiger partial charge in [0.2, 0.25) is 0 Å². The molecule has 0 spiro atoms. The molecule has 2 nitrogen and oxygen atoms in total. The molecule has 2 aromatic rings. The Balaban J connectivity index is 1.93. The van der Waals surface area contributed by atoms with Gasteiger partial charge in [0, 0.05) is 6.04 Å². The highest BCUT2D eigenvalue weighted by atomic mass is 16.3. The normalized spacial score (nSPS) is 15.7. The van der Waals surface area contributed by atoms with E-state index in [4.69, 9.17) is 5.73 Å². The molecule has 0 radical (unpaired) electrons. The predicted octanol–water partition coefficient (Wildman–Crippen LogP) is 3.03. The first-order valence-electron chi connectivity index (χ1n) is 6.80. The molecule has 2 atom stereocenters. The second kappa shape index (κ2) is 4.80. The van der Waals surface area contributed by atoms with Gasteiger partial charge >= 0.3 is 0 Å². The van der Waals surface area contributed by atoms with Crippen molar-refractivity contribution in [2.24, 2.45) is 5.73 Å². The number of nitrogens with two attached hydrogens (primary N) is 1. The first kappa shape index (κ1) is 12.4. The van der Waals surface area contributed by atoms with Gasteiger partial charge in [0.15, 0.2) is 0 Å². The van der Waals surface area contributed by atoms with Crippen LogP contribution in [0.15, 0.2) is 42.5 Å². The van der Waals surface area contributed by atoms with Gasteiger partial charge in [-0.1, -0.05) is 42.5 Å². The second-order valence-electron chi connectivity index (χ2n) is 5.48. The third-order valence-electron chi connectivity index (χ3n) is 3.80. The van der Waals surface area contributed by atoms with Gasteiger partial charge in [-0.3, -0.25) is 0 Å². The molecule has 0 saturated carbocycles. The summed E-state index contributed by atoms with van der Waals surface area (Å²) in [6, 6.07) is 14.8. The van der Waals surface area contributed by atoms with Crippen molar-refractivity contribution in [3.05, 3.63) is 59.2 Å². The van der Waals surface area contributed by atoms with Crippen molar-refractivity contribution in [3.8, 4) is 11.1 Å². The summed E-state index contributed by atoms with van der Waals surface area (Å²) in [6.45, 7) is 1.92. The molecule has 19 heavy (non-hydrogen) atoms. The summed E-state index contributed by atoms with van der Waals surface area (Å²) in [5.41, 5.74) is 12.0. The smallest absolute Gasteiger partial charge is 0.0804 e. The molecular weight excluding hydrogens is 234 g/mol. The quantitative estimate of drug-likeness (QED) is 0.753. The summed E-state index contributed by atoms with van der Waals surface area (Å²) in [5, 5.41) is 10.2. The van der Waals surface area contributed by atoms with E-state index >= 15 is 0 Å². The molecule has 0 amide bonds. The van der Waals surface area contributed by atoms with E-state index in [-0.39, 0.29) is 6.04 Å². The van der Waals surface area contributed by atoms with Gasteiger partial charge in [-0.15, -0.1) is 0 Å². The Morgan fingerprint density at radius 3 is 2.63 bits per heavy atom. The zero-order valence-electron chi connectivity index (χ0n) is 11.1. The van der Waals surface area contributed by atoms with Crippen LogP contribution in [0.2, 0.25) is 0 Å². The third-order valence-corrected chi connectivity index (χ3v) is 3.80. The maximum absolute atomic E-state index is 10.2. The number of benzene rings is 2. The Morgan fingerprint density at radius 2 is 1.84 bits per heavy atom. The summed E-state index contributed by atoms with van der Waals surface area (Å²) < 4.78 is 0. The largest absolute Gasteiger partial charge is 0.388 e. The monoisotopic (exact) mass is 253 g/mol. The topological polar surface area (TPSA) is 46.2 Å². The van der Waals surface area contributed by atoms with Crippen molar-refractivity contribution in [2.45, 2.75) is 31.9 Å². The minimum atomic E-state index is -0.464. The Hall–Kier alpha value is -1.64. The maximum Gasteiger partial charge on any atom is 0.0804 e. The standard InChI is InChI=1S/C17H19NO/c1-11(18)8-17(19)13-6-7-16-14(10-13)9-12-4-2-3-5-15(12)16/h2-7,10-11,17,19H,8-9,18H2,1H3. The average molecular weight is 253 g/mol. The van der Waals surface area contributed by atoms with Gasteiger partial charge in [0.1, 0.15) is 0 Å². The average Bonchev–Trinajstić information content (AvgIpc) is 2.75. The van der Waals surface area contributed by atoms with Crippen LogP contribution in [-0.4, -0.2) is 11.1 Å². The Bertz CT molecular complexity index is 604. The van der Waals surface area contributed by atoms with Crippen molar-refractivity contribution in [2.75, 3.05) is 0 Å². The minimum Gasteiger partial charge on any atom is -0.388 e. The summed E-state index contributed by atoms with van der Waals surface area (Å²) >= 11 is 0. The molecule has 0 saturated heterocycles. The van der Waals surface area contributed by atoms with Crippen molar-refractivity contribution in [3.63, 3.8) is 0 Å². The molecule has 0 aromatic heterocycles. The fraction of sp³-hybridized carbons (Fsp3) is 0.294. The summed E-state index contributed by atoms with van der Waals surface area (Å²) in [4.78, 5) is 0. The number of fused-ring (bicyclic) bond motifs is 3. The zero-order valence-corrected chi connectivity index (χ0v) is 11.1. The highest BCUT2D eigenvalue weighted by molar-refractivity contribution is 5.76. The molecule has 1 aliphatic carbocycles. The molecule has 2 heteroatoms. The molecule has 1 aliphatic rings. The van der Waals surface area contributed by atoms with Gasteiger partial charge in [-0.25, -0.2) is 0 Å². The summed E-state index contributed by atoms with van der Waals surface area (Å²) in [6.07, 6.45) is 1.10. The van der Waals surface area contributed by atoms with E-state index in [1.54, 1.807) is 0 Å². The van der Waals surface area contributed by atoms with Crippen LogP contribution in [0.5, 0.6) is 0 Å². The van der Waals surface area contributed by atoms with Crippen LogP contribution in [0.1, 0.15) is 36.1 Å². The van der Waals surface area contributed by atoms with Crippen LogP contribution in [0.4, 0.5) is 0 Å². The molecule has 2 unspecified atom stereocenters. The molecule has 0 fully saturated rings. The highest BCUT2D eigenvalue weighted by Crippen LogP contribution is 2.37. The maximum atomic E-state index is 10.2. The first-order chi connectivity index (χ1) is 9.15. The SMILES string of the molecule is CC(N)CC(O)c1ccc2c(c1)Cc1ccccc1-2. The van der Waals surface area contributed by atoms with Crippen molar-refractivity contribution in [1.82, 2.24) is 0 Å². The minimum absolute atomic E-state index is 0.0143. The molecule has 3 rings (SSSR count). The number of hydrogen-bond acceptors (Lipinski definition) is 2. The van der Waals surface area contributed by atoms with E-state index in [9.17, 15) is 5.11 Å². The van der Waals surface area contributed by atoms with E-state index in [2.05, 4.69) is 36.4 Å². The van der Waals surface area contributed by atoms with Crippen molar-refractivity contribution in [1.29, 1.82) is 0 Å². The van der Waals surface area contributed by atoms with Gasteiger partial charge in [0.25, 0.3) is 0 Å². The lowest BCUT2D eigenvalue weighted by Crippen LogP contribution is -2.18. The van der Waals surface area contributed by atoms with Gasteiger partial charge in [0.05, 0.1) is 6.10 Å². The van der Waals surface area contributed by atoms with Crippen LogP contribution in [0.25, 0.3) is 11.1 Å². The number of rotatable bonds is 3. The Kier molecular flexibility index (Phi) is 3.13. The van der Waals surface area contributed by atoms with Crippen LogP contribution in [-0.2, 0) is 6.42 Å². The van der Waals surface area contributed by atoms with E-state index in [1.165, 1.54) is 22.3 Å².